The van der Waals surface area contributed by atoms with Crippen molar-refractivity contribution in [2.75, 3.05) is 33.4 Å². The number of likely N-dealkylation sites (tertiary alicyclic amines) is 1. The highest BCUT2D eigenvalue weighted by Crippen LogP contribution is 2.18. The minimum Gasteiger partial charge on any atom is -0.358 e. The van der Waals surface area contributed by atoms with E-state index >= 15 is 0 Å². The average Bonchev–Trinajstić information content (AvgIpc) is 2.76. The largest absolute Gasteiger partial charge is 0.358 e. The van der Waals surface area contributed by atoms with Gasteiger partial charge in [0.05, 0.1) is 0 Å². The van der Waals surface area contributed by atoms with Crippen LogP contribution in [0.5, 0.6) is 0 Å². The molecule has 0 amide bonds. The predicted octanol–water partition coefficient (Wildman–Crippen LogP) is 1.51. The van der Waals surface area contributed by atoms with Gasteiger partial charge in [-0.15, -0.1) is 0 Å². The van der Waals surface area contributed by atoms with Crippen molar-refractivity contribution < 1.29 is 0 Å². The third kappa shape index (κ3) is 3.48. The summed E-state index contributed by atoms with van der Waals surface area (Å²) in [6.45, 7) is 10.8. The molecule has 0 radical (unpaired) electrons. The van der Waals surface area contributed by atoms with E-state index in [0.29, 0.717) is 11.5 Å². The Labute approximate surface area is 111 Å². The average molecular weight is 250 g/mol. The van der Waals surface area contributed by atoms with Crippen LogP contribution in [0, 0.1) is 5.41 Å². The third-order valence-electron chi connectivity index (χ3n) is 3.45. The van der Waals surface area contributed by atoms with E-state index < -0.39 is 0 Å². The fourth-order valence-electron chi connectivity index (χ4n) is 2.56. The highest BCUT2D eigenvalue weighted by atomic mass is 15.3. The second kappa shape index (κ2) is 5.31. The van der Waals surface area contributed by atoms with Crippen LogP contribution >= 0.6 is 0 Å². The van der Waals surface area contributed by atoms with Crippen molar-refractivity contribution in [1.29, 1.82) is 0 Å². The number of amidine groups is 1. The molecule has 2 rings (SSSR count). The maximum atomic E-state index is 4.70. The summed E-state index contributed by atoms with van der Waals surface area (Å²) in [5, 5.41) is 3.34. The number of nitrogens with one attached hydrogen (secondary N) is 1. The molecule has 0 bridgehead atoms. The fourth-order valence-corrected chi connectivity index (χ4v) is 2.56. The number of nitrogens with zero attached hydrogens (tertiary/aromatic N) is 3. The number of aliphatic imine (C=N–C) groups is 1. The van der Waals surface area contributed by atoms with Gasteiger partial charge < -0.3 is 15.1 Å². The summed E-state index contributed by atoms with van der Waals surface area (Å²) >= 11 is 0. The van der Waals surface area contributed by atoms with Crippen LogP contribution in [0.4, 0.5) is 0 Å². The van der Waals surface area contributed by atoms with Gasteiger partial charge in [0, 0.05) is 31.9 Å². The van der Waals surface area contributed by atoms with Crippen LogP contribution in [0.15, 0.2) is 17.3 Å². The summed E-state index contributed by atoms with van der Waals surface area (Å²) in [6.07, 6.45) is 5.57. The van der Waals surface area contributed by atoms with Gasteiger partial charge in [0.25, 0.3) is 0 Å². The molecule has 0 spiro atoms. The molecule has 0 unspecified atom stereocenters. The molecule has 102 valence electrons. The lowest BCUT2D eigenvalue weighted by molar-refractivity contribution is 0.253. The lowest BCUT2D eigenvalue weighted by Crippen LogP contribution is -2.36. The third-order valence-corrected chi connectivity index (χ3v) is 3.45. The Bertz CT molecular complexity index is 340. The minimum absolute atomic E-state index is 0.322. The topological polar surface area (TPSA) is 30.9 Å². The molecule has 0 aromatic carbocycles. The lowest BCUT2D eigenvalue weighted by Gasteiger charge is -2.31. The Balaban J connectivity index is 1.86. The van der Waals surface area contributed by atoms with Gasteiger partial charge in [-0.2, -0.15) is 0 Å². The van der Waals surface area contributed by atoms with Crippen LogP contribution < -0.4 is 5.32 Å². The van der Waals surface area contributed by atoms with E-state index in [-0.39, 0.29) is 0 Å². The number of hydrogen-bond acceptors (Lipinski definition) is 4. The summed E-state index contributed by atoms with van der Waals surface area (Å²) in [6, 6.07) is 0.619. The highest BCUT2D eigenvalue weighted by molar-refractivity contribution is 5.93. The molecule has 4 nitrogen and oxygen atoms in total. The standard InChI is InChI=1S/C14H26N4/c1-14(2,3)10-17-7-6-13(16-11-17)18-8-5-12(9-18)15-4/h6-7,12,15H,5,8-11H2,1-4H3/t12-/m0/s1. The molecular weight excluding hydrogens is 224 g/mol. The number of rotatable bonds is 2. The first-order valence-electron chi connectivity index (χ1n) is 6.87. The second-order valence-electron chi connectivity index (χ2n) is 6.50. The first-order valence-corrected chi connectivity index (χ1v) is 6.87. The predicted molar refractivity (Wildman–Crippen MR) is 76.6 cm³/mol. The van der Waals surface area contributed by atoms with Gasteiger partial charge in [-0.25, -0.2) is 4.99 Å². The summed E-state index contributed by atoms with van der Waals surface area (Å²) in [5.41, 5.74) is 0.322. The molecule has 0 saturated carbocycles. The molecule has 2 aliphatic heterocycles. The maximum Gasteiger partial charge on any atom is 0.127 e. The second-order valence-corrected chi connectivity index (χ2v) is 6.50. The maximum absolute atomic E-state index is 4.70. The molecule has 1 saturated heterocycles. The number of hydrogen-bond donors (Lipinski definition) is 1. The van der Waals surface area contributed by atoms with Crippen molar-refractivity contribution >= 4 is 5.84 Å². The lowest BCUT2D eigenvalue weighted by atomic mass is 9.96. The summed E-state index contributed by atoms with van der Waals surface area (Å²) in [7, 11) is 2.04. The molecule has 0 aromatic heterocycles. The number of likely N-dealkylation sites (N-methyl/N-ethyl adjacent to an activating group) is 1. The van der Waals surface area contributed by atoms with E-state index in [2.05, 4.69) is 48.2 Å². The van der Waals surface area contributed by atoms with Crippen molar-refractivity contribution in [3.05, 3.63) is 12.3 Å². The Hall–Kier alpha value is -1.03. The normalized spacial score (nSPS) is 24.7. The summed E-state index contributed by atoms with van der Waals surface area (Å²) in [4.78, 5) is 9.37. The Morgan fingerprint density at radius 3 is 2.72 bits per heavy atom. The van der Waals surface area contributed by atoms with Crippen LogP contribution in [0.3, 0.4) is 0 Å². The van der Waals surface area contributed by atoms with E-state index in [9.17, 15) is 0 Å². The Morgan fingerprint density at radius 2 is 2.22 bits per heavy atom. The zero-order chi connectivity index (χ0) is 13.2. The molecule has 1 N–H and O–H groups in total. The van der Waals surface area contributed by atoms with Gasteiger partial charge in [0.2, 0.25) is 0 Å². The molecule has 0 aromatic rings. The van der Waals surface area contributed by atoms with Gasteiger partial charge in [-0.05, 0) is 25.0 Å². The molecule has 2 heterocycles. The van der Waals surface area contributed by atoms with E-state index in [1.165, 1.54) is 6.42 Å². The molecule has 1 atom stereocenters. The highest BCUT2D eigenvalue weighted by Gasteiger charge is 2.24. The van der Waals surface area contributed by atoms with Gasteiger partial charge in [0.15, 0.2) is 0 Å². The monoisotopic (exact) mass is 250 g/mol. The fraction of sp³-hybridized carbons (Fsp3) is 0.786. The smallest absolute Gasteiger partial charge is 0.127 e. The van der Waals surface area contributed by atoms with E-state index in [0.717, 1.165) is 32.1 Å². The van der Waals surface area contributed by atoms with Crippen LogP contribution in [-0.2, 0) is 0 Å². The van der Waals surface area contributed by atoms with Gasteiger partial charge in [0.1, 0.15) is 12.5 Å². The van der Waals surface area contributed by atoms with Crippen molar-refractivity contribution in [2.45, 2.75) is 33.2 Å². The van der Waals surface area contributed by atoms with Gasteiger partial charge in [-0.1, -0.05) is 20.8 Å². The van der Waals surface area contributed by atoms with Crippen LogP contribution in [0.1, 0.15) is 27.2 Å². The Morgan fingerprint density at radius 1 is 1.44 bits per heavy atom. The van der Waals surface area contributed by atoms with Crippen molar-refractivity contribution in [3.8, 4) is 0 Å². The molecule has 0 aliphatic carbocycles. The summed E-state index contributed by atoms with van der Waals surface area (Å²) < 4.78 is 0. The first kappa shape index (κ1) is 13.4. The van der Waals surface area contributed by atoms with E-state index in [1.54, 1.807) is 0 Å². The first-order chi connectivity index (χ1) is 8.48. The SMILES string of the molecule is CN[C@H]1CCN(C2=NCN(CC(C)(C)C)C=C2)C1. The molecular formula is C14H26N4. The van der Waals surface area contributed by atoms with E-state index in [1.807, 2.05) is 7.05 Å². The van der Waals surface area contributed by atoms with Crippen LogP contribution in [-0.4, -0.2) is 55.0 Å². The summed E-state index contributed by atoms with van der Waals surface area (Å²) in [5.74, 6) is 1.15. The quantitative estimate of drug-likeness (QED) is 0.806. The van der Waals surface area contributed by atoms with Crippen LogP contribution in [0.25, 0.3) is 0 Å². The van der Waals surface area contributed by atoms with Gasteiger partial charge in [-0.3, -0.25) is 0 Å². The molecule has 18 heavy (non-hydrogen) atoms. The Kier molecular flexibility index (Phi) is 3.95. The zero-order valence-corrected chi connectivity index (χ0v) is 12.1. The molecule has 2 aliphatic rings. The molecule has 1 fully saturated rings. The molecule has 4 heteroatoms. The minimum atomic E-state index is 0.322. The van der Waals surface area contributed by atoms with Crippen molar-refractivity contribution in [3.63, 3.8) is 0 Å². The van der Waals surface area contributed by atoms with Crippen LogP contribution in [0.2, 0.25) is 0 Å². The zero-order valence-electron chi connectivity index (χ0n) is 12.1. The van der Waals surface area contributed by atoms with E-state index in [4.69, 9.17) is 4.99 Å². The van der Waals surface area contributed by atoms with Crippen molar-refractivity contribution in [2.24, 2.45) is 10.4 Å². The van der Waals surface area contributed by atoms with Gasteiger partial charge >= 0.3 is 0 Å². The van der Waals surface area contributed by atoms with Crippen molar-refractivity contribution in [1.82, 2.24) is 15.1 Å².